The van der Waals surface area contributed by atoms with E-state index in [1.54, 1.807) is 0 Å². The van der Waals surface area contributed by atoms with Crippen molar-refractivity contribution in [2.75, 3.05) is 13.1 Å². The summed E-state index contributed by atoms with van der Waals surface area (Å²) in [5.74, 6) is -0.824. The molecule has 0 spiro atoms. The normalized spacial score (nSPS) is 20.0. The summed E-state index contributed by atoms with van der Waals surface area (Å²) in [4.78, 5) is 23.3. The molecule has 1 aliphatic rings. The molecule has 2 rings (SSSR count). The summed E-state index contributed by atoms with van der Waals surface area (Å²) in [5, 5.41) is 5.21. The quantitative estimate of drug-likeness (QED) is 0.843. The summed E-state index contributed by atoms with van der Waals surface area (Å²) >= 11 is 0. The van der Waals surface area contributed by atoms with E-state index in [-0.39, 0.29) is 30.2 Å². The molecule has 0 bridgehead atoms. The fraction of sp³-hybridized carbons (Fsp3) is 0.500. The Kier molecular flexibility index (Phi) is 5.28. The van der Waals surface area contributed by atoms with E-state index in [1.807, 2.05) is 6.92 Å². The smallest absolute Gasteiger partial charge is 0.355 e. The summed E-state index contributed by atoms with van der Waals surface area (Å²) in [5.41, 5.74) is 0.0177. The van der Waals surface area contributed by atoms with Gasteiger partial charge in [-0.1, -0.05) is 19.1 Å². The molecule has 1 aromatic rings. The number of hydrogen-bond donors (Lipinski definition) is 2. The average Bonchev–Trinajstić information content (AvgIpc) is 3.30. The second-order valence-corrected chi connectivity index (χ2v) is 5.64. The predicted octanol–water partition coefficient (Wildman–Crippen LogP) is 2.45. The van der Waals surface area contributed by atoms with Gasteiger partial charge in [0, 0.05) is 12.5 Å². The monoisotopic (exact) mass is 328 g/mol. The fourth-order valence-corrected chi connectivity index (χ4v) is 2.40. The van der Waals surface area contributed by atoms with E-state index in [0.29, 0.717) is 18.5 Å². The minimum atomic E-state index is -4.36. The molecule has 2 N–H and O–H groups in total. The van der Waals surface area contributed by atoms with Gasteiger partial charge in [0.2, 0.25) is 11.8 Å². The number of carbonyl (C=O) groups excluding carboxylic acids is 2. The zero-order valence-electron chi connectivity index (χ0n) is 12.7. The molecular formula is C16H19F3N2O2. The lowest BCUT2D eigenvalue weighted by Gasteiger charge is -2.08. The molecule has 0 radical (unpaired) electrons. The summed E-state index contributed by atoms with van der Waals surface area (Å²) in [6.07, 6.45) is -2.95. The Hall–Kier alpha value is -2.05. The molecule has 0 saturated heterocycles. The molecule has 7 heteroatoms. The molecule has 2 unspecified atom stereocenters. The number of hydrogen-bond acceptors (Lipinski definition) is 2. The van der Waals surface area contributed by atoms with Crippen molar-refractivity contribution in [3.05, 3.63) is 35.4 Å². The van der Waals surface area contributed by atoms with E-state index in [1.165, 1.54) is 12.1 Å². The molecule has 1 aromatic carbocycles. The second kappa shape index (κ2) is 7.02. The van der Waals surface area contributed by atoms with Crippen molar-refractivity contribution in [3.8, 4) is 0 Å². The van der Waals surface area contributed by atoms with Crippen LogP contribution in [-0.4, -0.2) is 24.9 Å². The number of halogens is 3. The van der Waals surface area contributed by atoms with Crippen molar-refractivity contribution in [1.82, 2.24) is 10.6 Å². The highest BCUT2D eigenvalue weighted by molar-refractivity contribution is 5.87. The lowest BCUT2D eigenvalue weighted by molar-refractivity contribution is -0.137. The van der Waals surface area contributed by atoms with Gasteiger partial charge in [0.15, 0.2) is 0 Å². The first-order valence-corrected chi connectivity index (χ1v) is 7.54. The molecular weight excluding hydrogens is 309 g/mol. The first-order valence-electron chi connectivity index (χ1n) is 7.54. The Labute approximate surface area is 132 Å². The third-order valence-electron chi connectivity index (χ3n) is 3.79. The van der Waals surface area contributed by atoms with Gasteiger partial charge >= 0.3 is 6.18 Å². The van der Waals surface area contributed by atoms with Crippen molar-refractivity contribution < 1.29 is 22.8 Å². The molecule has 0 aliphatic heterocycles. The van der Waals surface area contributed by atoms with Crippen LogP contribution in [0, 0.1) is 5.92 Å². The Balaban J connectivity index is 1.82. The molecule has 126 valence electrons. The van der Waals surface area contributed by atoms with Gasteiger partial charge in [-0.15, -0.1) is 0 Å². The molecule has 4 nitrogen and oxygen atoms in total. The Morgan fingerprint density at radius 2 is 1.83 bits per heavy atom. The number of carbonyl (C=O) groups is 2. The highest BCUT2D eigenvalue weighted by atomic mass is 19.4. The highest BCUT2D eigenvalue weighted by Crippen LogP contribution is 2.47. The van der Waals surface area contributed by atoms with Gasteiger partial charge in [-0.25, -0.2) is 0 Å². The SMILES string of the molecule is CCCNC(=O)CNC(=O)C1CC1c1ccc(C(F)(F)F)cc1. The maximum atomic E-state index is 12.5. The molecule has 1 saturated carbocycles. The second-order valence-electron chi connectivity index (χ2n) is 5.64. The van der Waals surface area contributed by atoms with E-state index in [4.69, 9.17) is 0 Å². The fourth-order valence-electron chi connectivity index (χ4n) is 2.40. The van der Waals surface area contributed by atoms with Crippen molar-refractivity contribution in [2.45, 2.75) is 31.9 Å². The first kappa shape index (κ1) is 17.3. The van der Waals surface area contributed by atoms with E-state index in [2.05, 4.69) is 10.6 Å². The maximum absolute atomic E-state index is 12.5. The van der Waals surface area contributed by atoms with Crippen LogP contribution in [0.15, 0.2) is 24.3 Å². The third kappa shape index (κ3) is 4.71. The van der Waals surface area contributed by atoms with E-state index in [9.17, 15) is 22.8 Å². The van der Waals surface area contributed by atoms with Crippen LogP contribution in [0.4, 0.5) is 13.2 Å². The van der Waals surface area contributed by atoms with Crippen molar-refractivity contribution >= 4 is 11.8 Å². The zero-order valence-corrected chi connectivity index (χ0v) is 12.7. The number of benzene rings is 1. The van der Waals surface area contributed by atoms with Gasteiger partial charge in [0.05, 0.1) is 12.1 Å². The number of amides is 2. The van der Waals surface area contributed by atoms with Gasteiger partial charge in [-0.05, 0) is 36.5 Å². The summed E-state index contributed by atoms with van der Waals surface area (Å²) < 4.78 is 37.5. The average molecular weight is 328 g/mol. The standard InChI is InChI=1S/C16H19F3N2O2/c1-2-7-20-14(22)9-21-15(23)13-8-12(13)10-3-5-11(6-4-10)16(17,18)19/h3-6,12-13H,2,7-9H2,1H3,(H,20,22)(H,21,23). The van der Waals surface area contributed by atoms with Gasteiger partial charge in [-0.2, -0.15) is 13.2 Å². The molecule has 1 fully saturated rings. The van der Waals surface area contributed by atoms with Crippen LogP contribution in [0.1, 0.15) is 36.8 Å². The van der Waals surface area contributed by atoms with Crippen LogP contribution in [0.3, 0.4) is 0 Å². The van der Waals surface area contributed by atoms with Crippen LogP contribution < -0.4 is 10.6 Å². The van der Waals surface area contributed by atoms with Crippen LogP contribution in [0.2, 0.25) is 0 Å². The number of nitrogens with one attached hydrogen (secondary N) is 2. The van der Waals surface area contributed by atoms with Crippen LogP contribution in [0.25, 0.3) is 0 Å². The van der Waals surface area contributed by atoms with Gasteiger partial charge < -0.3 is 10.6 Å². The lowest BCUT2D eigenvalue weighted by atomic mass is 10.1. The first-order chi connectivity index (χ1) is 10.8. The molecule has 0 aromatic heterocycles. The van der Waals surface area contributed by atoms with Gasteiger partial charge in [-0.3, -0.25) is 9.59 Å². The third-order valence-corrected chi connectivity index (χ3v) is 3.79. The highest BCUT2D eigenvalue weighted by Gasteiger charge is 2.44. The Morgan fingerprint density at radius 3 is 2.39 bits per heavy atom. The summed E-state index contributed by atoms with van der Waals surface area (Å²) in [6, 6.07) is 4.88. The van der Waals surface area contributed by atoms with Gasteiger partial charge in [0.1, 0.15) is 0 Å². The minimum absolute atomic E-state index is 0.0732. The van der Waals surface area contributed by atoms with Crippen molar-refractivity contribution in [1.29, 1.82) is 0 Å². The van der Waals surface area contributed by atoms with E-state index < -0.39 is 11.7 Å². The van der Waals surface area contributed by atoms with Crippen LogP contribution in [-0.2, 0) is 15.8 Å². The molecule has 2 atom stereocenters. The zero-order chi connectivity index (χ0) is 17.0. The largest absolute Gasteiger partial charge is 0.416 e. The molecule has 23 heavy (non-hydrogen) atoms. The van der Waals surface area contributed by atoms with Crippen LogP contribution in [0.5, 0.6) is 0 Å². The Bertz CT molecular complexity index is 570. The van der Waals surface area contributed by atoms with E-state index >= 15 is 0 Å². The van der Waals surface area contributed by atoms with Crippen LogP contribution >= 0.6 is 0 Å². The molecule has 1 aliphatic carbocycles. The van der Waals surface area contributed by atoms with E-state index in [0.717, 1.165) is 18.6 Å². The number of alkyl halides is 3. The van der Waals surface area contributed by atoms with Crippen molar-refractivity contribution in [2.24, 2.45) is 5.92 Å². The molecule has 0 heterocycles. The minimum Gasteiger partial charge on any atom is -0.355 e. The van der Waals surface area contributed by atoms with Gasteiger partial charge in [0.25, 0.3) is 0 Å². The van der Waals surface area contributed by atoms with Crippen molar-refractivity contribution in [3.63, 3.8) is 0 Å². The topological polar surface area (TPSA) is 58.2 Å². The summed E-state index contributed by atoms with van der Waals surface area (Å²) in [7, 11) is 0. The lowest BCUT2D eigenvalue weighted by Crippen LogP contribution is -2.37. The summed E-state index contributed by atoms with van der Waals surface area (Å²) in [6.45, 7) is 2.42. The maximum Gasteiger partial charge on any atom is 0.416 e. The Morgan fingerprint density at radius 1 is 1.17 bits per heavy atom. The predicted molar refractivity (Wildman–Crippen MR) is 78.6 cm³/mol. The molecule has 2 amide bonds. The number of rotatable bonds is 6.